The number of aliphatic hydroxyl groups is 1. The maximum absolute atomic E-state index is 9.96. The minimum atomic E-state index is -0.157. The molecule has 5 nitrogen and oxygen atoms in total. The van der Waals surface area contributed by atoms with E-state index in [1.165, 1.54) is 13.5 Å². The Labute approximate surface area is 85.1 Å². The van der Waals surface area contributed by atoms with Crippen LogP contribution in [0.15, 0.2) is 0 Å². The fraction of sp³-hybridized carbons (Fsp3) is 0.778. The first-order chi connectivity index (χ1) is 6.64. The number of aliphatic hydroxyl groups excluding tert-OH is 1. The van der Waals surface area contributed by atoms with Gasteiger partial charge in [0.1, 0.15) is 0 Å². The van der Waals surface area contributed by atoms with Crippen LogP contribution in [0.2, 0.25) is 0 Å². The lowest BCUT2D eigenvalue weighted by atomic mass is 10.5. The molecule has 0 fully saturated rings. The zero-order valence-corrected chi connectivity index (χ0v) is 9.49. The summed E-state index contributed by atoms with van der Waals surface area (Å²) in [6.07, 6.45) is 1.97. The number of hydrogen-bond acceptors (Lipinski definition) is 5. The van der Waals surface area contributed by atoms with E-state index in [9.17, 15) is 4.79 Å². The molecule has 0 saturated heterocycles. The molecule has 86 valence electrons. The van der Waals surface area contributed by atoms with Crippen molar-refractivity contribution in [2.45, 2.75) is 33.6 Å². The number of esters is 1. The van der Waals surface area contributed by atoms with Crippen LogP contribution in [0, 0.1) is 0 Å². The fourth-order valence-electron chi connectivity index (χ4n) is 0.144. The largest absolute Gasteiger partial charge is 0.469 e. The second-order valence-electron chi connectivity index (χ2n) is 1.72. The number of carbonyl (C=O) groups excluding carboxylic acids is 3. The summed E-state index contributed by atoms with van der Waals surface area (Å²) in [4.78, 5) is 26.2. The molecule has 0 heterocycles. The van der Waals surface area contributed by atoms with Crippen molar-refractivity contribution in [1.29, 1.82) is 0 Å². The van der Waals surface area contributed by atoms with Gasteiger partial charge in [-0.05, 0) is 0 Å². The normalized spacial score (nSPS) is 5.57. The Hall–Kier alpha value is -1.19. The standard InChI is InChI=1S/C4H8O2.C3H8.CO2.CH4O/c1-3-4(5)6-2;1-3-2;2-1-3;1-2/h3H2,1-2H3;3H2,1-2H3;;2H,1H3. The predicted molar refractivity (Wildman–Crippen MR) is 51.4 cm³/mol. The molecule has 0 aromatic carbocycles. The lowest BCUT2D eigenvalue weighted by Gasteiger charge is -1.87. The van der Waals surface area contributed by atoms with E-state index in [1.54, 1.807) is 6.92 Å². The van der Waals surface area contributed by atoms with Gasteiger partial charge in [-0.15, -0.1) is 0 Å². The van der Waals surface area contributed by atoms with Crippen LogP contribution in [0.4, 0.5) is 0 Å². The first-order valence-corrected chi connectivity index (χ1v) is 4.15. The third-order valence-electron chi connectivity index (χ3n) is 0.516. The van der Waals surface area contributed by atoms with Gasteiger partial charge in [-0.2, -0.15) is 9.59 Å². The summed E-state index contributed by atoms with van der Waals surface area (Å²) in [5, 5.41) is 7.00. The number of hydrogen-bond donors (Lipinski definition) is 1. The third-order valence-corrected chi connectivity index (χ3v) is 0.516. The van der Waals surface area contributed by atoms with Crippen LogP contribution in [0.1, 0.15) is 33.6 Å². The molecule has 0 aliphatic rings. The van der Waals surface area contributed by atoms with Gasteiger partial charge in [0.05, 0.1) is 7.11 Å². The van der Waals surface area contributed by atoms with E-state index in [1.807, 2.05) is 0 Å². The van der Waals surface area contributed by atoms with Gasteiger partial charge in [0.2, 0.25) is 0 Å². The van der Waals surface area contributed by atoms with Gasteiger partial charge in [0.15, 0.2) is 0 Å². The van der Waals surface area contributed by atoms with Crippen molar-refractivity contribution in [1.82, 2.24) is 0 Å². The van der Waals surface area contributed by atoms with E-state index in [0.29, 0.717) is 6.42 Å². The number of rotatable bonds is 1. The molecule has 0 aliphatic carbocycles. The highest BCUT2D eigenvalue weighted by Crippen LogP contribution is 1.76. The van der Waals surface area contributed by atoms with Gasteiger partial charge in [-0.3, -0.25) is 4.79 Å². The van der Waals surface area contributed by atoms with Crippen LogP contribution in [0.3, 0.4) is 0 Å². The Balaban J connectivity index is -0.0000000536. The van der Waals surface area contributed by atoms with E-state index in [0.717, 1.165) is 7.11 Å². The summed E-state index contributed by atoms with van der Waals surface area (Å²) in [7, 11) is 2.38. The fourth-order valence-corrected chi connectivity index (χ4v) is 0.144. The molecule has 0 aromatic rings. The van der Waals surface area contributed by atoms with Crippen LogP contribution < -0.4 is 0 Å². The first-order valence-electron chi connectivity index (χ1n) is 4.15. The summed E-state index contributed by atoms with van der Waals surface area (Å²) in [5.41, 5.74) is 0. The molecule has 0 aromatic heterocycles. The Kier molecular flexibility index (Phi) is 67.2. The van der Waals surface area contributed by atoms with Crippen molar-refractivity contribution >= 4 is 12.1 Å². The van der Waals surface area contributed by atoms with E-state index in [4.69, 9.17) is 14.7 Å². The Morgan fingerprint density at radius 2 is 1.43 bits per heavy atom. The minimum Gasteiger partial charge on any atom is -0.469 e. The lowest BCUT2D eigenvalue weighted by Crippen LogP contribution is -1.94. The van der Waals surface area contributed by atoms with Crippen LogP contribution in [0.25, 0.3) is 0 Å². The maximum atomic E-state index is 9.96. The topological polar surface area (TPSA) is 80.7 Å². The zero-order chi connectivity index (χ0) is 12.4. The molecule has 5 heteroatoms. The highest BCUT2D eigenvalue weighted by atomic mass is 16.5. The van der Waals surface area contributed by atoms with Gasteiger partial charge < -0.3 is 9.84 Å². The second-order valence-corrected chi connectivity index (χ2v) is 1.72. The summed E-state index contributed by atoms with van der Waals surface area (Å²) in [5.74, 6) is -0.157. The van der Waals surface area contributed by atoms with Crippen molar-refractivity contribution in [2.24, 2.45) is 0 Å². The maximum Gasteiger partial charge on any atom is 0.373 e. The summed E-state index contributed by atoms with van der Waals surface area (Å²) in [6, 6.07) is 0. The Morgan fingerprint density at radius 3 is 1.43 bits per heavy atom. The summed E-state index contributed by atoms with van der Waals surface area (Å²) in [6.45, 7) is 6.01. The molecule has 0 unspecified atom stereocenters. The van der Waals surface area contributed by atoms with Crippen LogP contribution in [-0.4, -0.2) is 31.4 Å². The van der Waals surface area contributed by atoms with E-state index < -0.39 is 0 Å². The Morgan fingerprint density at radius 1 is 1.21 bits per heavy atom. The molecular weight excluding hydrogens is 188 g/mol. The van der Waals surface area contributed by atoms with Gasteiger partial charge in [-0.1, -0.05) is 27.2 Å². The van der Waals surface area contributed by atoms with Crippen molar-refractivity contribution < 1.29 is 24.2 Å². The monoisotopic (exact) mass is 208 g/mol. The van der Waals surface area contributed by atoms with Crippen LogP contribution >= 0.6 is 0 Å². The van der Waals surface area contributed by atoms with Gasteiger partial charge in [0, 0.05) is 13.5 Å². The molecule has 0 radical (unpaired) electrons. The molecular formula is C9H20O5. The van der Waals surface area contributed by atoms with E-state index >= 15 is 0 Å². The van der Waals surface area contributed by atoms with Crippen molar-refractivity contribution in [3.8, 4) is 0 Å². The number of carbonyl (C=O) groups is 1. The molecule has 14 heavy (non-hydrogen) atoms. The number of methoxy groups -OCH3 is 1. The summed E-state index contributed by atoms with van der Waals surface area (Å²) < 4.78 is 4.26. The van der Waals surface area contributed by atoms with Crippen LogP contribution in [0.5, 0.6) is 0 Å². The van der Waals surface area contributed by atoms with Crippen molar-refractivity contribution in [3.05, 3.63) is 0 Å². The molecule has 0 saturated carbocycles. The van der Waals surface area contributed by atoms with Crippen molar-refractivity contribution in [3.63, 3.8) is 0 Å². The van der Waals surface area contributed by atoms with Gasteiger partial charge in [-0.25, -0.2) is 0 Å². The molecule has 0 atom stereocenters. The van der Waals surface area contributed by atoms with E-state index in [-0.39, 0.29) is 12.1 Å². The molecule has 0 bridgehead atoms. The van der Waals surface area contributed by atoms with Gasteiger partial charge >= 0.3 is 12.1 Å². The third kappa shape index (κ3) is 132. The van der Waals surface area contributed by atoms with Gasteiger partial charge in [0.25, 0.3) is 0 Å². The molecule has 1 N–H and O–H groups in total. The average Bonchev–Trinajstić information content (AvgIpc) is 2.22. The molecule has 0 amide bonds. The Bertz CT molecular complexity index is 110. The van der Waals surface area contributed by atoms with Crippen LogP contribution in [-0.2, 0) is 19.1 Å². The highest BCUT2D eigenvalue weighted by Gasteiger charge is 1.87. The predicted octanol–water partition coefficient (Wildman–Crippen LogP) is 1.01. The van der Waals surface area contributed by atoms with Crippen molar-refractivity contribution in [2.75, 3.05) is 14.2 Å². The highest BCUT2D eigenvalue weighted by molar-refractivity contribution is 5.68. The first kappa shape index (κ1) is 23.0. The molecule has 0 rings (SSSR count). The minimum absolute atomic E-state index is 0.157. The zero-order valence-electron chi connectivity index (χ0n) is 9.49. The SMILES string of the molecule is CCC.CCC(=O)OC.CO.O=C=O. The average molecular weight is 208 g/mol. The smallest absolute Gasteiger partial charge is 0.373 e. The molecule has 0 spiro atoms. The quantitative estimate of drug-likeness (QED) is 0.650. The van der Waals surface area contributed by atoms with E-state index in [2.05, 4.69) is 18.6 Å². The summed E-state index contributed by atoms with van der Waals surface area (Å²) >= 11 is 0. The second kappa shape index (κ2) is 40.9. The lowest BCUT2D eigenvalue weighted by molar-refractivity contribution is -0.191. The number of ether oxygens (including phenoxy) is 1. The molecule has 0 aliphatic heterocycles.